The highest BCUT2D eigenvalue weighted by Crippen LogP contribution is 2.41. The highest BCUT2D eigenvalue weighted by Gasteiger charge is 2.43. The van der Waals surface area contributed by atoms with Crippen LogP contribution in [0, 0.1) is 0 Å². The minimum atomic E-state index is -0.677. The van der Waals surface area contributed by atoms with E-state index >= 15 is 0 Å². The van der Waals surface area contributed by atoms with Crippen molar-refractivity contribution >= 4 is 6.09 Å². The number of carbonyl (C=O) groups is 1. The SMILES string of the molecule is C=C(C)C[C@]1(c2ccccc2)CCN([C@@H](C)c2ccc(-c3ccn(C)c(=O)c3)cc2)C(=O)O1. The van der Waals surface area contributed by atoms with E-state index in [2.05, 4.69) is 6.58 Å². The van der Waals surface area contributed by atoms with E-state index in [-0.39, 0.29) is 17.7 Å². The Labute approximate surface area is 194 Å². The summed E-state index contributed by atoms with van der Waals surface area (Å²) in [4.78, 5) is 26.9. The molecule has 0 unspecified atom stereocenters. The van der Waals surface area contributed by atoms with Crippen LogP contribution in [0.2, 0.25) is 0 Å². The van der Waals surface area contributed by atoms with E-state index in [1.807, 2.05) is 74.5 Å². The van der Waals surface area contributed by atoms with Gasteiger partial charge < -0.3 is 14.2 Å². The van der Waals surface area contributed by atoms with Crippen molar-refractivity contribution in [1.82, 2.24) is 9.47 Å². The Kier molecular flexibility index (Phi) is 6.23. The molecule has 5 nitrogen and oxygen atoms in total. The van der Waals surface area contributed by atoms with Gasteiger partial charge in [-0.1, -0.05) is 66.7 Å². The lowest BCUT2D eigenvalue weighted by Gasteiger charge is -2.43. The minimum Gasteiger partial charge on any atom is -0.437 e. The van der Waals surface area contributed by atoms with Gasteiger partial charge in [-0.05, 0) is 42.2 Å². The average Bonchev–Trinajstić information content (AvgIpc) is 2.81. The van der Waals surface area contributed by atoms with E-state index in [0.717, 1.165) is 27.8 Å². The topological polar surface area (TPSA) is 51.5 Å². The zero-order valence-electron chi connectivity index (χ0n) is 19.5. The van der Waals surface area contributed by atoms with Gasteiger partial charge in [-0.15, -0.1) is 0 Å². The van der Waals surface area contributed by atoms with Gasteiger partial charge in [-0.2, -0.15) is 0 Å². The molecule has 0 N–H and O–H groups in total. The molecule has 1 amide bonds. The fraction of sp³-hybridized carbons (Fsp3) is 0.286. The second-order valence-corrected chi connectivity index (χ2v) is 8.97. The van der Waals surface area contributed by atoms with Crippen LogP contribution in [0.15, 0.2) is 89.9 Å². The number of aryl methyl sites for hydroxylation is 1. The Bertz CT molecular complexity index is 1210. The van der Waals surface area contributed by atoms with Crippen LogP contribution in [0.1, 0.15) is 43.9 Å². The van der Waals surface area contributed by atoms with Gasteiger partial charge >= 0.3 is 6.09 Å². The molecule has 1 fully saturated rings. The molecule has 5 heteroatoms. The van der Waals surface area contributed by atoms with Crippen LogP contribution in [0.5, 0.6) is 0 Å². The molecule has 0 bridgehead atoms. The molecular weight excluding hydrogens is 412 g/mol. The summed E-state index contributed by atoms with van der Waals surface area (Å²) in [6, 6.07) is 21.4. The Hall–Kier alpha value is -3.60. The van der Waals surface area contributed by atoms with Crippen LogP contribution < -0.4 is 5.56 Å². The van der Waals surface area contributed by atoms with Gasteiger partial charge in [0.2, 0.25) is 0 Å². The fourth-order valence-electron chi connectivity index (χ4n) is 4.54. The standard InChI is InChI=1S/C28H30N2O3/c1-20(2)19-28(25-8-6-5-7-9-25)15-17-30(27(32)33-28)21(3)22-10-12-23(13-11-22)24-14-16-29(4)26(31)18-24/h5-14,16,18,21H,1,15,17,19H2,2-4H3/t21-,28-/m0/s1. The van der Waals surface area contributed by atoms with Crippen molar-refractivity contribution in [1.29, 1.82) is 0 Å². The van der Waals surface area contributed by atoms with Gasteiger partial charge in [0.05, 0.1) is 6.04 Å². The smallest absolute Gasteiger partial charge is 0.411 e. The Morgan fingerprint density at radius 2 is 1.76 bits per heavy atom. The first-order chi connectivity index (χ1) is 15.8. The first-order valence-corrected chi connectivity index (χ1v) is 11.3. The molecule has 1 aliphatic heterocycles. The number of hydrogen-bond acceptors (Lipinski definition) is 3. The van der Waals surface area contributed by atoms with E-state index in [4.69, 9.17) is 4.74 Å². The van der Waals surface area contributed by atoms with Gasteiger partial charge in [-0.25, -0.2) is 4.79 Å². The summed E-state index contributed by atoms with van der Waals surface area (Å²) in [6.07, 6.45) is 2.76. The molecule has 2 aromatic carbocycles. The van der Waals surface area contributed by atoms with E-state index in [0.29, 0.717) is 19.4 Å². The zero-order chi connectivity index (χ0) is 23.6. The summed E-state index contributed by atoms with van der Waals surface area (Å²) < 4.78 is 7.68. The summed E-state index contributed by atoms with van der Waals surface area (Å²) in [5.74, 6) is 0. The number of rotatable bonds is 6. The predicted octanol–water partition coefficient (Wildman–Crippen LogP) is 5.82. The van der Waals surface area contributed by atoms with Crippen molar-refractivity contribution in [3.63, 3.8) is 0 Å². The van der Waals surface area contributed by atoms with Crippen molar-refractivity contribution in [2.45, 2.75) is 38.3 Å². The van der Waals surface area contributed by atoms with E-state index < -0.39 is 5.60 Å². The molecule has 170 valence electrons. The van der Waals surface area contributed by atoms with Gasteiger partial charge in [-0.3, -0.25) is 4.79 Å². The maximum atomic E-state index is 13.2. The first-order valence-electron chi connectivity index (χ1n) is 11.3. The third-order valence-electron chi connectivity index (χ3n) is 6.46. The van der Waals surface area contributed by atoms with Gasteiger partial charge in [0.1, 0.15) is 5.60 Å². The monoisotopic (exact) mass is 442 g/mol. The molecule has 1 saturated heterocycles. The molecule has 2 atom stereocenters. The van der Waals surface area contributed by atoms with E-state index in [9.17, 15) is 9.59 Å². The van der Waals surface area contributed by atoms with Crippen molar-refractivity contribution in [3.05, 3.63) is 107 Å². The van der Waals surface area contributed by atoms with Crippen LogP contribution >= 0.6 is 0 Å². The largest absolute Gasteiger partial charge is 0.437 e. The Balaban J connectivity index is 1.53. The molecule has 0 spiro atoms. The number of benzene rings is 2. The maximum Gasteiger partial charge on any atom is 0.411 e. The number of carbonyl (C=O) groups excluding carboxylic acids is 1. The fourth-order valence-corrected chi connectivity index (χ4v) is 4.54. The summed E-state index contributed by atoms with van der Waals surface area (Å²) in [5.41, 5.74) is 4.14. The van der Waals surface area contributed by atoms with Crippen molar-refractivity contribution in [2.75, 3.05) is 6.54 Å². The highest BCUT2D eigenvalue weighted by atomic mass is 16.6. The zero-order valence-corrected chi connectivity index (χ0v) is 19.5. The number of pyridine rings is 1. The quantitative estimate of drug-likeness (QED) is 0.452. The average molecular weight is 443 g/mol. The molecule has 1 aromatic heterocycles. The third kappa shape index (κ3) is 4.63. The lowest BCUT2D eigenvalue weighted by molar-refractivity contribution is -0.0602. The van der Waals surface area contributed by atoms with Crippen LogP contribution in [0.4, 0.5) is 4.79 Å². The molecule has 3 aromatic rings. The van der Waals surface area contributed by atoms with Gasteiger partial charge in [0, 0.05) is 38.7 Å². The van der Waals surface area contributed by atoms with Crippen LogP contribution in [-0.4, -0.2) is 22.1 Å². The number of nitrogens with zero attached hydrogens (tertiary/aromatic N) is 2. The molecule has 4 rings (SSSR count). The van der Waals surface area contributed by atoms with Gasteiger partial charge in [0.15, 0.2) is 0 Å². The summed E-state index contributed by atoms with van der Waals surface area (Å²) >= 11 is 0. The van der Waals surface area contributed by atoms with Crippen LogP contribution in [0.25, 0.3) is 11.1 Å². The lowest BCUT2D eigenvalue weighted by atomic mass is 9.83. The number of aromatic nitrogens is 1. The van der Waals surface area contributed by atoms with E-state index in [1.165, 1.54) is 0 Å². The maximum absolute atomic E-state index is 13.2. The highest BCUT2D eigenvalue weighted by molar-refractivity contribution is 5.70. The van der Waals surface area contributed by atoms with Crippen molar-refractivity contribution in [2.24, 2.45) is 7.05 Å². The number of hydrogen-bond donors (Lipinski definition) is 0. The van der Waals surface area contributed by atoms with Crippen molar-refractivity contribution < 1.29 is 9.53 Å². The second kappa shape index (κ2) is 9.10. The number of ether oxygens (including phenoxy) is 1. The second-order valence-electron chi connectivity index (χ2n) is 8.97. The molecule has 33 heavy (non-hydrogen) atoms. The van der Waals surface area contributed by atoms with Crippen LogP contribution in [0.3, 0.4) is 0 Å². The molecule has 0 radical (unpaired) electrons. The minimum absolute atomic E-state index is 0.0438. The first kappa shape index (κ1) is 22.6. The Morgan fingerprint density at radius 3 is 2.36 bits per heavy atom. The predicted molar refractivity (Wildman–Crippen MR) is 131 cm³/mol. The molecule has 1 aliphatic rings. The van der Waals surface area contributed by atoms with E-state index in [1.54, 1.807) is 28.8 Å². The van der Waals surface area contributed by atoms with Crippen LogP contribution in [-0.2, 0) is 17.4 Å². The molecule has 0 saturated carbocycles. The molecular formula is C28H30N2O3. The number of cyclic esters (lactones) is 1. The summed E-state index contributed by atoms with van der Waals surface area (Å²) in [6.45, 7) is 8.65. The number of amides is 1. The van der Waals surface area contributed by atoms with Gasteiger partial charge in [0.25, 0.3) is 5.56 Å². The van der Waals surface area contributed by atoms with Crippen molar-refractivity contribution in [3.8, 4) is 11.1 Å². The normalized spacial score (nSPS) is 19.1. The Morgan fingerprint density at radius 1 is 1.06 bits per heavy atom. The lowest BCUT2D eigenvalue weighted by Crippen LogP contribution is -2.48. The summed E-state index contributed by atoms with van der Waals surface area (Å²) in [5, 5.41) is 0. The summed E-state index contributed by atoms with van der Waals surface area (Å²) in [7, 11) is 1.73. The molecule has 0 aliphatic carbocycles. The molecule has 2 heterocycles. The third-order valence-corrected chi connectivity index (χ3v) is 6.46.